The van der Waals surface area contributed by atoms with E-state index in [-0.39, 0.29) is 16.9 Å². The molecule has 5 heteroatoms. The monoisotopic (exact) mass is 266 g/mol. The standard InChI is InChI=1S/C14H9F3O2/c15-11-2-1-3-12(16)10(11)8-19-14-5-4-9(7-18)6-13(14)17/h1-7H,8H2. The summed E-state index contributed by atoms with van der Waals surface area (Å²) in [5, 5.41) is 0. The van der Waals surface area contributed by atoms with Crippen LogP contribution in [0.5, 0.6) is 5.75 Å². The smallest absolute Gasteiger partial charge is 0.165 e. The van der Waals surface area contributed by atoms with Crippen LogP contribution in [-0.2, 0) is 6.61 Å². The molecule has 0 N–H and O–H groups in total. The third-order valence-corrected chi connectivity index (χ3v) is 2.53. The molecule has 19 heavy (non-hydrogen) atoms. The molecule has 0 amide bonds. The second kappa shape index (κ2) is 5.56. The lowest BCUT2D eigenvalue weighted by Gasteiger charge is -2.09. The molecule has 0 aromatic heterocycles. The highest BCUT2D eigenvalue weighted by molar-refractivity contribution is 5.74. The highest BCUT2D eigenvalue weighted by Gasteiger charge is 2.11. The quantitative estimate of drug-likeness (QED) is 0.792. The Morgan fingerprint density at radius 2 is 1.68 bits per heavy atom. The number of hydrogen-bond donors (Lipinski definition) is 0. The van der Waals surface area contributed by atoms with Gasteiger partial charge < -0.3 is 4.74 Å². The van der Waals surface area contributed by atoms with E-state index in [1.165, 1.54) is 18.2 Å². The molecule has 0 atom stereocenters. The predicted octanol–water partition coefficient (Wildman–Crippen LogP) is 3.50. The van der Waals surface area contributed by atoms with E-state index in [0.717, 1.165) is 18.2 Å². The largest absolute Gasteiger partial charge is 0.486 e. The first kappa shape index (κ1) is 13.1. The third kappa shape index (κ3) is 2.93. The number of benzene rings is 2. The van der Waals surface area contributed by atoms with Crippen molar-refractivity contribution >= 4 is 6.29 Å². The summed E-state index contributed by atoms with van der Waals surface area (Å²) >= 11 is 0. The van der Waals surface area contributed by atoms with Crippen LogP contribution < -0.4 is 4.74 Å². The second-order valence-corrected chi connectivity index (χ2v) is 3.80. The fourth-order valence-corrected chi connectivity index (χ4v) is 1.53. The van der Waals surface area contributed by atoms with Gasteiger partial charge in [0.15, 0.2) is 11.6 Å². The first-order valence-electron chi connectivity index (χ1n) is 5.42. The number of carbonyl (C=O) groups is 1. The first-order valence-corrected chi connectivity index (χ1v) is 5.42. The molecule has 0 aliphatic carbocycles. The maximum Gasteiger partial charge on any atom is 0.165 e. The summed E-state index contributed by atoms with van der Waals surface area (Å²) in [6, 6.07) is 6.98. The van der Waals surface area contributed by atoms with E-state index < -0.39 is 24.1 Å². The summed E-state index contributed by atoms with van der Waals surface area (Å²) in [5.41, 5.74) is -0.122. The molecule has 0 bridgehead atoms. The fourth-order valence-electron chi connectivity index (χ4n) is 1.53. The molecule has 0 saturated heterocycles. The zero-order chi connectivity index (χ0) is 13.8. The van der Waals surface area contributed by atoms with Crippen LogP contribution in [0.15, 0.2) is 36.4 Å². The number of rotatable bonds is 4. The van der Waals surface area contributed by atoms with Gasteiger partial charge in [-0.3, -0.25) is 4.79 Å². The third-order valence-electron chi connectivity index (χ3n) is 2.53. The highest BCUT2D eigenvalue weighted by atomic mass is 19.1. The average molecular weight is 266 g/mol. The van der Waals surface area contributed by atoms with E-state index in [1.54, 1.807) is 0 Å². The van der Waals surface area contributed by atoms with E-state index in [9.17, 15) is 18.0 Å². The molecule has 0 radical (unpaired) electrons. The molecule has 98 valence electrons. The van der Waals surface area contributed by atoms with Gasteiger partial charge in [-0.1, -0.05) is 6.07 Å². The Hall–Kier alpha value is -2.30. The summed E-state index contributed by atoms with van der Waals surface area (Å²) in [5.74, 6) is -2.45. The summed E-state index contributed by atoms with van der Waals surface area (Å²) in [7, 11) is 0. The molecule has 0 aliphatic rings. The molecule has 0 spiro atoms. The molecule has 2 nitrogen and oxygen atoms in total. The summed E-state index contributed by atoms with van der Waals surface area (Å²) in [4.78, 5) is 10.4. The molecule has 0 aliphatic heterocycles. The Morgan fingerprint density at radius 3 is 2.26 bits per heavy atom. The van der Waals surface area contributed by atoms with Crippen LogP contribution in [0.4, 0.5) is 13.2 Å². The van der Waals surface area contributed by atoms with E-state index in [4.69, 9.17) is 4.74 Å². The van der Waals surface area contributed by atoms with Crippen LogP contribution in [0.2, 0.25) is 0 Å². The van der Waals surface area contributed by atoms with Crippen LogP contribution in [0.1, 0.15) is 15.9 Å². The lowest BCUT2D eigenvalue weighted by Crippen LogP contribution is -2.03. The molecule has 0 saturated carbocycles. The van der Waals surface area contributed by atoms with Crippen LogP contribution in [0.25, 0.3) is 0 Å². The van der Waals surface area contributed by atoms with Crippen molar-refractivity contribution < 1.29 is 22.7 Å². The number of ether oxygens (including phenoxy) is 1. The van der Waals surface area contributed by atoms with Gasteiger partial charge in [0, 0.05) is 5.56 Å². The molecule has 0 unspecified atom stereocenters. The van der Waals surface area contributed by atoms with E-state index in [0.29, 0.717) is 6.29 Å². The average Bonchev–Trinajstić information content (AvgIpc) is 2.39. The van der Waals surface area contributed by atoms with Gasteiger partial charge in [-0.15, -0.1) is 0 Å². The Labute approximate surface area is 107 Å². The molecule has 0 heterocycles. The molecule has 2 rings (SSSR count). The number of aldehydes is 1. The van der Waals surface area contributed by atoms with E-state index in [2.05, 4.69) is 0 Å². The minimum Gasteiger partial charge on any atom is -0.486 e. The van der Waals surface area contributed by atoms with Crippen LogP contribution in [-0.4, -0.2) is 6.29 Å². The fraction of sp³-hybridized carbons (Fsp3) is 0.0714. The van der Waals surface area contributed by atoms with Crippen molar-refractivity contribution in [1.82, 2.24) is 0 Å². The van der Waals surface area contributed by atoms with Crippen LogP contribution in [0, 0.1) is 17.5 Å². The molecule has 2 aromatic rings. The lowest BCUT2D eigenvalue weighted by atomic mass is 10.2. The van der Waals surface area contributed by atoms with Gasteiger partial charge in [0.25, 0.3) is 0 Å². The van der Waals surface area contributed by atoms with Gasteiger partial charge in [-0.25, -0.2) is 13.2 Å². The minimum atomic E-state index is -0.763. The number of carbonyl (C=O) groups excluding carboxylic acids is 1. The zero-order valence-corrected chi connectivity index (χ0v) is 9.70. The zero-order valence-electron chi connectivity index (χ0n) is 9.70. The SMILES string of the molecule is O=Cc1ccc(OCc2c(F)cccc2F)c(F)c1. The topological polar surface area (TPSA) is 26.3 Å². The first-order chi connectivity index (χ1) is 9.11. The van der Waals surface area contributed by atoms with E-state index >= 15 is 0 Å². The summed E-state index contributed by atoms with van der Waals surface area (Å²) in [6.45, 7) is -0.435. The van der Waals surface area contributed by atoms with Crippen molar-refractivity contribution in [2.24, 2.45) is 0 Å². The maximum absolute atomic E-state index is 13.5. The van der Waals surface area contributed by atoms with Gasteiger partial charge in [0.1, 0.15) is 24.5 Å². The Bertz CT molecular complexity index is 591. The maximum atomic E-state index is 13.5. The van der Waals surface area contributed by atoms with Gasteiger partial charge in [-0.2, -0.15) is 0 Å². The van der Waals surface area contributed by atoms with Gasteiger partial charge in [0.2, 0.25) is 0 Å². The van der Waals surface area contributed by atoms with Gasteiger partial charge in [0.05, 0.1) is 5.56 Å². The Balaban J connectivity index is 2.17. The Morgan fingerprint density at radius 1 is 1.00 bits per heavy atom. The molecule has 2 aromatic carbocycles. The number of hydrogen-bond acceptors (Lipinski definition) is 2. The minimum absolute atomic E-state index is 0.155. The van der Waals surface area contributed by atoms with Crippen molar-refractivity contribution in [3.8, 4) is 5.75 Å². The van der Waals surface area contributed by atoms with Crippen LogP contribution >= 0.6 is 0 Å². The summed E-state index contributed by atoms with van der Waals surface area (Å²) < 4.78 is 45.1. The summed E-state index contributed by atoms with van der Waals surface area (Å²) in [6.07, 6.45) is 0.489. The van der Waals surface area contributed by atoms with Gasteiger partial charge in [-0.05, 0) is 30.3 Å². The molecular weight excluding hydrogens is 257 g/mol. The van der Waals surface area contributed by atoms with E-state index in [1.807, 2.05) is 0 Å². The van der Waals surface area contributed by atoms with Gasteiger partial charge >= 0.3 is 0 Å². The van der Waals surface area contributed by atoms with Crippen molar-refractivity contribution in [3.63, 3.8) is 0 Å². The number of halogens is 3. The highest BCUT2D eigenvalue weighted by Crippen LogP contribution is 2.20. The molecule has 0 fully saturated rings. The predicted molar refractivity (Wildman–Crippen MR) is 62.5 cm³/mol. The van der Waals surface area contributed by atoms with Crippen molar-refractivity contribution in [2.75, 3.05) is 0 Å². The van der Waals surface area contributed by atoms with Crippen molar-refractivity contribution in [1.29, 1.82) is 0 Å². The van der Waals surface area contributed by atoms with Crippen molar-refractivity contribution in [2.45, 2.75) is 6.61 Å². The molecular formula is C14H9F3O2. The Kier molecular flexibility index (Phi) is 3.85. The van der Waals surface area contributed by atoms with Crippen LogP contribution in [0.3, 0.4) is 0 Å². The second-order valence-electron chi connectivity index (χ2n) is 3.80. The lowest BCUT2D eigenvalue weighted by molar-refractivity contribution is 0.112. The van der Waals surface area contributed by atoms with Crippen molar-refractivity contribution in [3.05, 3.63) is 65.0 Å². The normalized spacial score (nSPS) is 10.3.